The average Bonchev–Trinajstić information content (AvgIpc) is 3.00. The molecule has 2 aromatic rings. The van der Waals surface area contributed by atoms with Crippen molar-refractivity contribution in [2.75, 3.05) is 0 Å². The number of rotatable bonds is 3. The Morgan fingerprint density at radius 1 is 1.41 bits per heavy atom. The molecule has 88 valence electrons. The highest BCUT2D eigenvalue weighted by Gasteiger charge is 2.27. The van der Waals surface area contributed by atoms with Crippen LogP contribution in [0, 0.1) is 6.92 Å². The molecule has 0 atom stereocenters. The maximum absolute atomic E-state index is 10.9. The highest BCUT2D eigenvalue weighted by molar-refractivity contribution is 5.84. The van der Waals surface area contributed by atoms with E-state index >= 15 is 0 Å². The monoisotopic (exact) mass is 229 g/mol. The summed E-state index contributed by atoms with van der Waals surface area (Å²) < 4.78 is 2.21. The van der Waals surface area contributed by atoms with E-state index in [-0.39, 0.29) is 6.42 Å². The van der Waals surface area contributed by atoms with Crippen molar-refractivity contribution in [1.82, 2.24) is 4.57 Å². The number of benzene rings is 1. The maximum atomic E-state index is 10.9. The average molecular weight is 229 g/mol. The molecule has 3 heteroatoms. The Morgan fingerprint density at radius 2 is 2.18 bits per heavy atom. The van der Waals surface area contributed by atoms with E-state index in [4.69, 9.17) is 5.11 Å². The van der Waals surface area contributed by atoms with Crippen LogP contribution in [0.5, 0.6) is 0 Å². The Hall–Kier alpha value is -1.77. The second-order valence-corrected chi connectivity index (χ2v) is 4.87. The minimum absolute atomic E-state index is 0.115. The normalized spacial score (nSPS) is 15.4. The SMILES string of the molecule is Cc1ccc2c(c1)cc(CC(=O)O)n2C1CC1. The molecule has 1 heterocycles. The first kappa shape index (κ1) is 10.4. The summed E-state index contributed by atoms with van der Waals surface area (Å²) in [7, 11) is 0. The molecule has 0 unspecified atom stereocenters. The van der Waals surface area contributed by atoms with Crippen molar-refractivity contribution in [3.63, 3.8) is 0 Å². The molecular formula is C14H15NO2. The van der Waals surface area contributed by atoms with Crippen molar-refractivity contribution < 1.29 is 9.90 Å². The lowest BCUT2D eigenvalue weighted by Gasteiger charge is -2.07. The molecule has 0 aliphatic heterocycles. The summed E-state index contributed by atoms with van der Waals surface area (Å²) in [5.41, 5.74) is 3.32. The lowest BCUT2D eigenvalue weighted by atomic mass is 10.2. The van der Waals surface area contributed by atoms with Gasteiger partial charge in [-0.15, -0.1) is 0 Å². The summed E-state index contributed by atoms with van der Waals surface area (Å²) in [4.78, 5) is 10.9. The number of aryl methyl sites for hydroxylation is 1. The first-order valence-electron chi connectivity index (χ1n) is 5.97. The van der Waals surface area contributed by atoms with Gasteiger partial charge in [-0.05, 0) is 38.0 Å². The fourth-order valence-corrected chi connectivity index (χ4v) is 2.47. The minimum atomic E-state index is -0.758. The second kappa shape index (κ2) is 3.62. The van der Waals surface area contributed by atoms with Crippen LogP contribution in [0.25, 0.3) is 10.9 Å². The van der Waals surface area contributed by atoms with Gasteiger partial charge in [0.25, 0.3) is 0 Å². The van der Waals surface area contributed by atoms with Gasteiger partial charge in [-0.2, -0.15) is 0 Å². The number of fused-ring (bicyclic) bond motifs is 1. The lowest BCUT2D eigenvalue weighted by Crippen LogP contribution is -2.06. The van der Waals surface area contributed by atoms with Crippen molar-refractivity contribution in [2.45, 2.75) is 32.2 Å². The number of hydrogen-bond donors (Lipinski definition) is 1. The van der Waals surface area contributed by atoms with Crippen LogP contribution in [0.15, 0.2) is 24.3 Å². The highest BCUT2D eigenvalue weighted by atomic mass is 16.4. The van der Waals surface area contributed by atoms with Gasteiger partial charge in [0.1, 0.15) is 0 Å². The molecule has 0 bridgehead atoms. The summed E-state index contributed by atoms with van der Waals surface area (Å²) in [6, 6.07) is 8.86. The van der Waals surface area contributed by atoms with Gasteiger partial charge in [0, 0.05) is 22.6 Å². The van der Waals surface area contributed by atoms with E-state index in [0.717, 1.165) is 11.1 Å². The molecule has 1 N–H and O–H groups in total. The van der Waals surface area contributed by atoms with E-state index in [9.17, 15) is 4.79 Å². The van der Waals surface area contributed by atoms with Crippen molar-refractivity contribution in [2.24, 2.45) is 0 Å². The second-order valence-electron chi connectivity index (χ2n) is 4.87. The molecule has 3 nitrogen and oxygen atoms in total. The van der Waals surface area contributed by atoms with Crippen molar-refractivity contribution in [1.29, 1.82) is 0 Å². The van der Waals surface area contributed by atoms with E-state index in [0.29, 0.717) is 6.04 Å². The molecule has 0 saturated heterocycles. The third-order valence-electron chi connectivity index (χ3n) is 3.32. The molecule has 1 aromatic heterocycles. The molecule has 0 amide bonds. The smallest absolute Gasteiger partial charge is 0.309 e. The van der Waals surface area contributed by atoms with Crippen molar-refractivity contribution in [3.05, 3.63) is 35.5 Å². The Morgan fingerprint density at radius 3 is 2.82 bits per heavy atom. The molecule has 0 spiro atoms. The molecule has 1 aliphatic rings. The Labute approximate surface area is 99.7 Å². The number of nitrogens with zero attached hydrogens (tertiary/aromatic N) is 1. The number of carboxylic acids is 1. The zero-order chi connectivity index (χ0) is 12.0. The van der Waals surface area contributed by atoms with Crippen LogP contribution in [0.3, 0.4) is 0 Å². The van der Waals surface area contributed by atoms with Crippen molar-refractivity contribution >= 4 is 16.9 Å². The number of aliphatic carboxylic acids is 1. The predicted octanol–water partition coefficient (Wildman–Crippen LogP) is 2.91. The lowest BCUT2D eigenvalue weighted by molar-refractivity contribution is -0.136. The topological polar surface area (TPSA) is 42.2 Å². The summed E-state index contributed by atoms with van der Waals surface area (Å²) in [6.45, 7) is 2.06. The molecule has 17 heavy (non-hydrogen) atoms. The van der Waals surface area contributed by atoms with Gasteiger partial charge >= 0.3 is 5.97 Å². The quantitative estimate of drug-likeness (QED) is 0.879. The van der Waals surface area contributed by atoms with Crippen LogP contribution in [-0.4, -0.2) is 15.6 Å². The van der Waals surface area contributed by atoms with E-state index < -0.39 is 5.97 Å². The molecule has 3 rings (SSSR count). The Kier molecular flexibility index (Phi) is 2.21. The Bertz CT molecular complexity index is 594. The minimum Gasteiger partial charge on any atom is -0.481 e. The number of aromatic nitrogens is 1. The molecule has 1 aromatic carbocycles. The van der Waals surface area contributed by atoms with Gasteiger partial charge in [0.05, 0.1) is 6.42 Å². The third-order valence-corrected chi connectivity index (χ3v) is 3.32. The van der Waals surface area contributed by atoms with Crippen LogP contribution in [-0.2, 0) is 11.2 Å². The fourth-order valence-electron chi connectivity index (χ4n) is 2.47. The molecular weight excluding hydrogens is 214 g/mol. The number of carbonyl (C=O) groups is 1. The van der Waals surface area contributed by atoms with Crippen LogP contribution < -0.4 is 0 Å². The van der Waals surface area contributed by atoms with Gasteiger partial charge in [-0.25, -0.2) is 0 Å². The highest BCUT2D eigenvalue weighted by Crippen LogP contribution is 2.39. The summed E-state index contributed by atoms with van der Waals surface area (Å²) in [5.74, 6) is -0.758. The van der Waals surface area contributed by atoms with Gasteiger partial charge in [0.2, 0.25) is 0 Å². The van der Waals surface area contributed by atoms with Gasteiger partial charge in [-0.1, -0.05) is 11.6 Å². The predicted molar refractivity (Wildman–Crippen MR) is 66.3 cm³/mol. The molecule has 1 fully saturated rings. The van der Waals surface area contributed by atoms with E-state index in [1.54, 1.807) is 0 Å². The van der Waals surface area contributed by atoms with Crippen LogP contribution in [0.1, 0.15) is 30.1 Å². The Balaban J connectivity index is 2.19. The summed E-state index contributed by atoms with van der Waals surface area (Å²) >= 11 is 0. The largest absolute Gasteiger partial charge is 0.481 e. The van der Waals surface area contributed by atoms with Crippen molar-refractivity contribution in [3.8, 4) is 0 Å². The van der Waals surface area contributed by atoms with Gasteiger partial charge in [-0.3, -0.25) is 4.79 Å². The van der Waals surface area contributed by atoms with E-state index in [1.807, 2.05) is 6.07 Å². The third kappa shape index (κ3) is 1.82. The fraction of sp³-hybridized carbons (Fsp3) is 0.357. The first-order valence-corrected chi connectivity index (χ1v) is 5.97. The first-order chi connectivity index (χ1) is 8.15. The van der Waals surface area contributed by atoms with Crippen LogP contribution in [0.2, 0.25) is 0 Å². The van der Waals surface area contributed by atoms with Crippen LogP contribution >= 0.6 is 0 Å². The molecule has 1 aliphatic carbocycles. The maximum Gasteiger partial charge on any atom is 0.309 e. The number of hydrogen-bond acceptors (Lipinski definition) is 1. The van der Waals surface area contributed by atoms with Gasteiger partial charge < -0.3 is 9.67 Å². The summed E-state index contributed by atoms with van der Waals surface area (Å²) in [6.07, 6.45) is 2.46. The molecule has 0 radical (unpaired) electrons. The van der Waals surface area contributed by atoms with E-state index in [1.165, 1.54) is 23.9 Å². The zero-order valence-corrected chi connectivity index (χ0v) is 9.81. The number of carboxylic acid groups (broad SMARTS) is 1. The standard InChI is InChI=1S/C14H15NO2/c1-9-2-5-13-10(6-9)7-12(8-14(16)17)15(13)11-3-4-11/h2,5-7,11H,3-4,8H2,1H3,(H,16,17). The van der Waals surface area contributed by atoms with Gasteiger partial charge in [0.15, 0.2) is 0 Å². The van der Waals surface area contributed by atoms with Crippen LogP contribution in [0.4, 0.5) is 0 Å². The molecule has 1 saturated carbocycles. The van der Waals surface area contributed by atoms with E-state index in [2.05, 4.69) is 29.7 Å². The zero-order valence-electron chi connectivity index (χ0n) is 9.81. The summed E-state index contributed by atoms with van der Waals surface area (Å²) in [5, 5.41) is 10.1.